The average Bonchev–Trinajstić information content (AvgIpc) is 3.37. The SMILES string of the molecule is FP(F)(F)(F)F.FP(F)(F)(F)F.F[PH-](F)(F)(F)F.[F-].[F-].[F-].c1ccc(C(c2ccccc2)c2ccc(C(c3ccccc3)c3ccccc3)cc2)cc1.c1ccc(Sc2ccc(C(c3ccccc3)c3ccccc3)cc2)cc1. The van der Waals surface area contributed by atoms with Gasteiger partial charge < -0.3 is 14.1 Å². The summed E-state index contributed by atoms with van der Waals surface area (Å²) in [5, 5.41) is 0. The molecule has 9 aromatic rings. The fourth-order valence-corrected chi connectivity index (χ4v) is 8.68. The summed E-state index contributed by atoms with van der Waals surface area (Å²) < 4.78 is 148. The number of rotatable bonds is 11. The molecule has 0 amide bonds. The van der Waals surface area contributed by atoms with E-state index in [4.69, 9.17) is 0 Å². The molecule has 0 heterocycles. The Morgan fingerprint density at radius 3 is 0.532 bits per heavy atom. The van der Waals surface area contributed by atoms with E-state index in [9.17, 15) is 63.0 Å². The molecule has 0 aliphatic rings. The first-order chi connectivity index (χ1) is 35.5. The molecule has 9 aromatic carbocycles. The van der Waals surface area contributed by atoms with Crippen molar-refractivity contribution in [3.63, 3.8) is 0 Å². The Labute approximate surface area is 450 Å². The predicted octanol–water partition coefficient (Wildman–Crippen LogP) is 14.7. The average molecular weight is 1200 g/mol. The second kappa shape index (κ2) is 29.5. The number of benzene rings is 9. The molecular weight excluding hydrogens is 1150 g/mol. The first kappa shape index (κ1) is 68.5. The van der Waals surface area contributed by atoms with Gasteiger partial charge in [-0.3, -0.25) is 0 Å². The Morgan fingerprint density at radius 1 is 0.228 bits per heavy atom. The van der Waals surface area contributed by atoms with Crippen molar-refractivity contribution < 1.29 is 77.1 Å². The van der Waals surface area contributed by atoms with Gasteiger partial charge in [-0.2, -0.15) is 0 Å². The van der Waals surface area contributed by atoms with Gasteiger partial charge in [0.2, 0.25) is 0 Å². The summed E-state index contributed by atoms with van der Waals surface area (Å²) in [6, 6.07) is 93.3. The van der Waals surface area contributed by atoms with Gasteiger partial charge in [-0.1, -0.05) is 248 Å². The third-order valence-corrected chi connectivity index (χ3v) is 11.6. The Kier molecular flexibility index (Phi) is 25.6. The molecule has 0 saturated heterocycles. The Hall–Kier alpha value is -6.64. The predicted molar refractivity (Wildman–Crippen MR) is 284 cm³/mol. The van der Waals surface area contributed by atoms with Gasteiger partial charge in [-0.15, -0.1) is 0 Å². The Bertz CT molecular complexity index is 2780. The van der Waals surface area contributed by atoms with Crippen molar-refractivity contribution in [3.05, 3.63) is 311 Å². The van der Waals surface area contributed by atoms with E-state index >= 15 is 0 Å². The first-order valence-corrected chi connectivity index (χ1v) is 28.7. The van der Waals surface area contributed by atoms with Crippen LogP contribution in [0, 0.1) is 0 Å². The third kappa shape index (κ3) is 28.7. The molecule has 9 rings (SSSR count). The Morgan fingerprint density at radius 2 is 0.354 bits per heavy atom. The molecule has 0 aliphatic heterocycles. The maximum Gasteiger partial charge on any atom is 0.0340 e. The van der Waals surface area contributed by atoms with Crippen molar-refractivity contribution in [1.29, 1.82) is 0 Å². The van der Waals surface area contributed by atoms with Gasteiger partial charge in [0.15, 0.2) is 0 Å². The molecule has 0 aliphatic carbocycles. The molecule has 0 unspecified atom stereocenters. The summed E-state index contributed by atoms with van der Waals surface area (Å²) in [6.45, 7) is 0. The van der Waals surface area contributed by atoms with Crippen LogP contribution in [0.5, 0.6) is 0 Å². The van der Waals surface area contributed by atoms with Crippen molar-refractivity contribution in [2.45, 2.75) is 27.5 Å². The summed E-state index contributed by atoms with van der Waals surface area (Å²) in [7, 11) is -25.8. The molecule has 0 aromatic heterocycles. The summed E-state index contributed by atoms with van der Waals surface area (Å²) in [6.07, 6.45) is 0. The minimum absolute atomic E-state index is 0. The van der Waals surface area contributed by atoms with Crippen LogP contribution in [0.3, 0.4) is 0 Å². The van der Waals surface area contributed by atoms with E-state index in [2.05, 4.69) is 261 Å². The molecule has 0 bridgehead atoms. The van der Waals surface area contributed by atoms with Crippen LogP contribution in [0.2, 0.25) is 0 Å². The number of hydrogen-bond donors (Lipinski definition) is 0. The van der Waals surface area contributed by atoms with Gasteiger partial charge in [0.25, 0.3) is 0 Å². The van der Waals surface area contributed by atoms with Crippen LogP contribution in [-0.4, -0.2) is 0 Å². The van der Waals surface area contributed by atoms with Crippen molar-refractivity contribution in [3.8, 4) is 0 Å². The van der Waals surface area contributed by atoms with E-state index < -0.39 is 24.5 Å². The van der Waals surface area contributed by atoms with Gasteiger partial charge >= 0.3 is 87.4 Å². The molecule has 0 nitrogen and oxygen atoms in total. The van der Waals surface area contributed by atoms with E-state index in [-0.39, 0.29) is 31.9 Å². The summed E-state index contributed by atoms with van der Waals surface area (Å²) in [5.41, 5.74) is 11.8. The molecule has 0 radical (unpaired) electrons. The zero-order chi connectivity index (χ0) is 55.5. The summed E-state index contributed by atoms with van der Waals surface area (Å²) in [5.74, 6) is 0.699. The van der Waals surface area contributed by atoms with Crippen molar-refractivity contribution in [2.24, 2.45) is 0 Å². The molecule has 0 atom stereocenters. The fraction of sp³-hybridized carbons (Fsp3) is 0.0526. The van der Waals surface area contributed by atoms with Gasteiger partial charge in [-0.05, 0) is 74.3 Å². The number of halogens is 18. The van der Waals surface area contributed by atoms with Gasteiger partial charge in [-0.25, -0.2) is 0 Å². The Balaban J connectivity index is 0.000000405. The van der Waals surface area contributed by atoms with E-state index in [1.165, 1.54) is 59.9 Å². The van der Waals surface area contributed by atoms with Crippen LogP contribution in [-0.2, 0) is 0 Å². The minimum Gasteiger partial charge on any atom is -1.00 e. The van der Waals surface area contributed by atoms with E-state index in [1.807, 2.05) is 0 Å². The largest absolute Gasteiger partial charge is 1.00 e. The fourth-order valence-electron chi connectivity index (χ4n) is 7.84. The maximum atomic E-state index is 9.86. The van der Waals surface area contributed by atoms with Crippen LogP contribution < -0.4 is 14.1 Å². The molecule has 0 saturated carbocycles. The second-order valence-corrected chi connectivity index (χ2v) is 21.5. The maximum absolute atomic E-state index is 9.86. The molecule has 426 valence electrons. The monoisotopic (exact) mass is 1200 g/mol. The van der Waals surface area contributed by atoms with Crippen molar-refractivity contribution in [2.75, 3.05) is 0 Å². The topological polar surface area (TPSA) is 0 Å². The van der Waals surface area contributed by atoms with Crippen LogP contribution in [0.4, 0.5) is 63.0 Å². The minimum atomic E-state index is -8.75. The second-order valence-electron chi connectivity index (χ2n) is 16.4. The standard InChI is InChI=1S/C32H26.C25H20S.F5HP.2F5P.3FH/c1-5-13-25(14-6-1)31(26-15-7-2-8-16-26)29-21-23-30(24-22-29)32(27-17-9-3-10-18-27)28-19-11-4-12-20-28;1-4-10-20(11-5-1)25(21-12-6-2-7-13-21)22-16-18-24(19-17-22)26-23-14-8-3-9-15-23;3*1-6(2,3,4)5;;;/h1-24,31-32H;1-19,25H;6H;;;3*1H/q;;-1;;;;;/p-3. The number of hydrogen-bond acceptors (Lipinski definition) is 1. The first-order valence-electron chi connectivity index (χ1n) is 22.7. The van der Waals surface area contributed by atoms with E-state index in [0.29, 0.717) is 0 Å². The molecule has 0 N–H and O–H groups in total. The van der Waals surface area contributed by atoms with Crippen LogP contribution in [0.25, 0.3) is 0 Å². The van der Waals surface area contributed by atoms with Crippen molar-refractivity contribution in [1.82, 2.24) is 0 Å². The summed E-state index contributed by atoms with van der Waals surface area (Å²) >= 11 is 1.80. The van der Waals surface area contributed by atoms with Gasteiger partial charge in [0.05, 0.1) is 0 Å². The van der Waals surface area contributed by atoms with Crippen molar-refractivity contribution >= 4 is 36.2 Å². The quantitative estimate of drug-likeness (QED) is 0.0707. The molecule has 22 heteroatoms. The zero-order valence-corrected chi connectivity index (χ0v) is 44.3. The molecular formula is C57H47F18P3S-4. The van der Waals surface area contributed by atoms with E-state index in [1.54, 1.807) is 11.8 Å². The van der Waals surface area contributed by atoms with Crippen LogP contribution in [0.15, 0.2) is 271 Å². The van der Waals surface area contributed by atoms with E-state index in [0.717, 1.165) is 0 Å². The van der Waals surface area contributed by atoms with Gasteiger partial charge in [0, 0.05) is 27.5 Å². The molecule has 0 fully saturated rings. The zero-order valence-electron chi connectivity index (χ0n) is 40.7. The van der Waals surface area contributed by atoms with Crippen LogP contribution in [0.1, 0.15) is 67.8 Å². The summed E-state index contributed by atoms with van der Waals surface area (Å²) in [4.78, 5) is 2.53. The normalized spacial score (nSPS) is 12.4. The smallest absolute Gasteiger partial charge is 0.0340 e. The molecule has 0 spiro atoms. The molecule has 79 heavy (non-hydrogen) atoms. The van der Waals surface area contributed by atoms with Crippen LogP contribution >= 0.6 is 36.2 Å². The third-order valence-electron chi connectivity index (χ3n) is 10.6. The van der Waals surface area contributed by atoms with Gasteiger partial charge in [0.1, 0.15) is 0 Å².